The van der Waals surface area contributed by atoms with E-state index in [0.717, 1.165) is 21.5 Å². The van der Waals surface area contributed by atoms with Gasteiger partial charge in [0.25, 0.3) is 5.91 Å². The molecule has 6 heteroatoms. The molecule has 1 heterocycles. The standard InChI is InChI=1S/C18H15BrN2O2S/c1-21-17(22)16(11-12-8-9-15(23-2)14(19)10-12)24-18(21)20-13-6-4-3-5-7-13/h3-11H,1-2H3/b16-11+,20-18?. The van der Waals surface area contributed by atoms with Crippen LogP contribution in [0.5, 0.6) is 5.75 Å². The van der Waals surface area contributed by atoms with Crippen LogP contribution >= 0.6 is 27.7 Å². The number of nitrogens with zero attached hydrogens (tertiary/aromatic N) is 2. The van der Waals surface area contributed by atoms with Gasteiger partial charge < -0.3 is 4.74 Å². The topological polar surface area (TPSA) is 41.9 Å². The molecular weight excluding hydrogens is 388 g/mol. The van der Waals surface area contributed by atoms with Crippen LogP contribution in [0.2, 0.25) is 0 Å². The Labute approximate surface area is 153 Å². The van der Waals surface area contributed by atoms with Crippen LogP contribution in [0.15, 0.2) is 62.9 Å². The van der Waals surface area contributed by atoms with Crippen molar-refractivity contribution in [3.05, 3.63) is 63.5 Å². The normalized spacial score (nSPS) is 17.8. The maximum absolute atomic E-state index is 12.4. The lowest BCUT2D eigenvalue weighted by Gasteiger charge is -2.06. The smallest absolute Gasteiger partial charge is 0.266 e. The first-order valence-corrected chi connectivity index (χ1v) is 8.84. The number of halogens is 1. The minimum atomic E-state index is -0.0541. The van der Waals surface area contributed by atoms with Crippen molar-refractivity contribution in [2.24, 2.45) is 4.99 Å². The Kier molecular flexibility index (Phi) is 5.06. The third kappa shape index (κ3) is 3.55. The van der Waals surface area contributed by atoms with E-state index >= 15 is 0 Å². The number of carbonyl (C=O) groups excluding carboxylic acids is 1. The van der Waals surface area contributed by atoms with Crippen molar-refractivity contribution >= 4 is 50.5 Å². The van der Waals surface area contributed by atoms with Gasteiger partial charge in [-0.15, -0.1) is 0 Å². The third-order valence-corrected chi connectivity index (χ3v) is 5.14. The molecule has 1 saturated heterocycles. The molecule has 1 aliphatic rings. The van der Waals surface area contributed by atoms with Crippen LogP contribution in [0.3, 0.4) is 0 Å². The molecule has 2 aromatic rings. The fourth-order valence-corrected chi connectivity index (χ4v) is 3.73. The zero-order valence-corrected chi connectivity index (χ0v) is 15.6. The van der Waals surface area contributed by atoms with E-state index in [9.17, 15) is 4.79 Å². The second-order valence-electron chi connectivity index (χ2n) is 5.10. The van der Waals surface area contributed by atoms with Crippen molar-refractivity contribution in [3.63, 3.8) is 0 Å². The molecule has 0 radical (unpaired) electrons. The number of hydrogen-bond donors (Lipinski definition) is 0. The van der Waals surface area contributed by atoms with Gasteiger partial charge in [0.2, 0.25) is 0 Å². The summed E-state index contributed by atoms with van der Waals surface area (Å²) in [5.41, 5.74) is 1.75. The predicted octanol–water partition coefficient (Wildman–Crippen LogP) is 4.69. The van der Waals surface area contributed by atoms with Gasteiger partial charge in [-0.3, -0.25) is 9.69 Å². The van der Waals surface area contributed by atoms with Crippen molar-refractivity contribution < 1.29 is 9.53 Å². The van der Waals surface area contributed by atoms with Gasteiger partial charge in [-0.1, -0.05) is 24.3 Å². The SMILES string of the molecule is COc1ccc(/C=C2/SC(=Nc3ccccc3)N(C)C2=O)cc1Br. The van der Waals surface area contributed by atoms with E-state index in [-0.39, 0.29) is 5.91 Å². The minimum Gasteiger partial charge on any atom is -0.496 e. The average Bonchev–Trinajstić information content (AvgIpc) is 2.84. The molecule has 0 atom stereocenters. The van der Waals surface area contributed by atoms with Crippen LogP contribution in [0, 0.1) is 0 Å². The summed E-state index contributed by atoms with van der Waals surface area (Å²) in [5, 5.41) is 0.671. The number of aliphatic imine (C=N–C) groups is 1. The number of hydrogen-bond acceptors (Lipinski definition) is 4. The van der Waals surface area contributed by atoms with Crippen molar-refractivity contribution in [1.29, 1.82) is 0 Å². The second-order valence-corrected chi connectivity index (χ2v) is 6.96. The van der Waals surface area contributed by atoms with Crippen LogP contribution in [-0.4, -0.2) is 30.1 Å². The Hall–Kier alpha value is -2.05. The summed E-state index contributed by atoms with van der Waals surface area (Å²) in [6.45, 7) is 0. The summed E-state index contributed by atoms with van der Waals surface area (Å²) in [5.74, 6) is 0.702. The van der Waals surface area contributed by atoms with E-state index in [1.807, 2.05) is 54.6 Å². The Morgan fingerprint density at radius 3 is 2.62 bits per heavy atom. The maximum Gasteiger partial charge on any atom is 0.266 e. The highest BCUT2D eigenvalue weighted by Gasteiger charge is 2.30. The van der Waals surface area contributed by atoms with E-state index in [0.29, 0.717) is 10.1 Å². The molecule has 3 rings (SSSR count). The third-order valence-electron chi connectivity index (χ3n) is 3.46. The summed E-state index contributed by atoms with van der Waals surface area (Å²) in [6.07, 6.45) is 1.86. The van der Waals surface area contributed by atoms with Crippen LogP contribution in [-0.2, 0) is 4.79 Å². The lowest BCUT2D eigenvalue weighted by molar-refractivity contribution is -0.121. The Bertz CT molecular complexity index is 834. The van der Waals surface area contributed by atoms with E-state index in [4.69, 9.17) is 4.74 Å². The van der Waals surface area contributed by atoms with E-state index < -0.39 is 0 Å². The van der Waals surface area contributed by atoms with Crippen LogP contribution < -0.4 is 4.74 Å². The molecule has 0 aromatic heterocycles. The second kappa shape index (κ2) is 7.23. The average molecular weight is 403 g/mol. The molecule has 0 aliphatic carbocycles. The number of para-hydroxylation sites is 1. The number of thioether (sulfide) groups is 1. The van der Waals surface area contributed by atoms with Crippen molar-refractivity contribution in [2.45, 2.75) is 0 Å². The molecule has 2 aromatic carbocycles. The van der Waals surface area contributed by atoms with E-state index in [1.165, 1.54) is 11.8 Å². The number of carbonyl (C=O) groups is 1. The fraction of sp³-hybridized carbons (Fsp3) is 0.111. The lowest BCUT2D eigenvalue weighted by Crippen LogP contribution is -2.23. The zero-order chi connectivity index (χ0) is 17.1. The molecule has 24 heavy (non-hydrogen) atoms. The number of benzene rings is 2. The largest absolute Gasteiger partial charge is 0.496 e. The van der Waals surface area contributed by atoms with Gasteiger partial charge in [0.15, 0.2) is 5.17 Å². The highest BCUT2D eigenvalue weighted by Crippen LogP contribution is 2.34. The van der Waals surface area contributed by atoms with Crippen molar-refractivity contribution in [3.8, 4) is 5.75 Å². The Morgan fingerprint density at radius 2 is 1.96 bits per heavy atom. The summed E-state index contributed by atoms with van der Waals surface area (Å²) in [6, 6.07) is 15.3. The number of likely N-dealkylation sites (N-methyl/N-ethyl adjacent to an activating group) is 1. The van der Waals surface area contributed by atoms with Crippen LogP contribution in [0.4, 0.5) is 5.69 Å². The first kappa shape index (κ1) is 16.8. The molecular formula is C18H15BrN2O2S. The number of rotatable bonds is 3. The number of methoxy groups -OCH3 is 1. The highest BCUT2D eigenvalue weighted by atomic mass is 79.9. The van der Waals surface area contributed by atoms with Gasteiger partial charge >= 0.3 is 0 Å². The molecule has 4 nitrogen and oxygen atoms in total. The predicted molar refractivity (Wildman–Crippen MR) is 103 cm³/mol. The molecule has 0 spiro atoms. The first-order chi connectivity index (χ1) is 11.6. The van der Waals surface area contributed by atoms with Gasteiger partial charge in [-0.05, 0) is 63.6 Å². The van der Waals surface area contributed by atoms with Crippen LogP contribution in [0.25, 0.3) is 6.08 Å². The first-order valence-electron chi connectivity index (χ1n) is 7.23. The monoisotopic (exact) mass is 402 g/mol. The van der Waals surface area contributed by atoms with Gasteiger partial charge in [0.05, 0.1) is 22.2 Å². The molecule has 1 aliphatic heterocycles. The van der Waals surface area contributed by atoms with Gasteiger partial charge in [-0.2, -0.15) is 0 Å². The zero-order valence-electron chi connectivity index (χ0n) is 13.2. The van der Waals surface area contributed by atoms with E-state index in [2.05, 4.69) is 20.9 Å². The highest BCUT2D eigenvalue weighted by molar-refractivity contribution is 9.10. The summed E-state index contributed by atoms with van der Waals surface area (Å²) < 4.78 is 6.07. The number of ether oxygens (including phenoxy) is 1. The van der Waals surface area contributed by atoms with Gasteiger partial charge in [0.1, 0.15) is 5.75 Å². The molecule has 1 fully saturated rings. The molecule has 0 saturated carbocycles. The van der Waals surface area contributed by atoms with Crippen LogP contribution in [0.1, 0.15) is 5.56 Å². The van der Waals surface area contributed by atoms with Crippen molar-refractivity contribution in [1.82, 2.24) is 4.90 Å². The minimum absolute atomic E-state index is 0.0541. The van der Waals surface area contributed by atoms with Crippen molar-refractivity contribution in [2.75, 3.05) is 14.2 Å². The summed E-state index contributed by atoms with van der Waals surface area (Å²) in [7, 11) is 3.36. The number of amides is 1. The molecule has 0 bridgehead atoms. The lowest BCUT2D eigenvalue weighted by atomic mass is 10.2. The summed E-state index contributed by atoms with van der Waals surface area (Å²) >= 11 is 4.83. The fourth-order valence-electron chi connectivity index (χ4n) is 2.19. The van der Waals surface area contributed by atoms with Gasteiger partial charge in [0, 0.05) is 7.05 Å². The van der Waals surface area contributed by atoms with Gasteiger partial charge in [-0.25, -0.2) is 4.99 Å². The molecule has 0 N–H and O–H groups in total. The van der Waals surface area contributed by atoms with E-state index in [1.54, 1.807) is 19.1 Å². The quantitative estimate of drug-likeness (QED) is 0.699. The molecule has 122 valence electrons. The summed E-state index contributed by atoms with van der Waals surface area (Å²) in [4.78, 5) is 19.2. The molecule has 0 unspecified atom stereocenters. The number of amidine groups is 1. The molecule has 1 amide bonds. The Balaban J connectivity index is 1.89. The Morgan fingerprint density at radius 1 is 1.21 bits per heavy atom. The maximum atomic E-state index is 12.4.